The summed E-state index contributed by atoms with van der Waals surface area (Å²) in [5, 5.41) is 10.9. The molecule has 3 heterocycles. The number of rotatable bonds is 4. The lowest BCUT2D eigenvalue weighted by atomic mass is 10.1. The first kappa shape index (κ1) is 21.2. The lowest BCUT2D eigenvalue weighted by molar-refractivity contribution is -0.137. The number of nitrogens with zero attached hydrogens (tertiary/aromatic N) is 3. The number of benzene rings is 2. The van der Waals surface area contributed by atoms with E-state index >= 15 is 0 Å². The second-order valence-electron chi connectivity index (χ2n) is 8.22. The van der Waals surface area contributed by atoms with Gasteiger partial charge in [-0.2, -0.15) is 13.2 Å². The molecule has 2 aliphatic heterocycles. The van der Waals surface area contributed by atoms with Gasteiger partial charge in [-0.3, -0.25) is 9.36 Å². The van der Waals surface area contributed by atoms with Gasteiger partial charge in [0.1, 0.15) is 11.4 Å². The Kier molecular flexibility index (Phi) is 4.77. The van der Waals surface area contributed by atoms with E-state index in [9.17, 15) is 27.9 Å². The van der Waals surface area contributed by atoms with E-state index in [0.717, 1.165) is 22.3 Å². The lowest BCUT2D eigenvalue weighted by Gasteiger charge is -2.27. The second kappa shape index (κ2) is 7.43. The van der Waals surface area contributed by atoms with Gasteiger partial charge < -0.3 is 14.7 Å². The molecule has 3 aromatic rings. The third-order valence-corrected chi connectivity index (χ3v) is 6.30. The van der Waals surface area contributed by atoms with Crippen LogP contribution in [0.4, 0.5) is 13.2 Å². The molecule has 0 aliphatic carbocycles. The predicted octanol–water partition coefficient (Wildman–Crippen LogP) is 3.44. The Morgan fingerprint density at radius 1 is 1.18 bits per heavy atom. The number of halogens is 3. The van der Waals surface area contributed by atoms with E-state index in [1.54, 1.807) is 23.1 Å². The van der Waals surface area contributed by atoms with E-state index < -0.39 is 29.4 Å². The summed E-state index contributed by atoms with van der Waals surface area (Å²) in [5.74, 6) is 0.0271. The summed E-state index contributed by atoms with van der Waals surface area (Å²) in [6.45, 7) is 0.298. The predicted molar refractivity (Wildman–Crippen MR) is 112 cm³/mol. The first-order valence-electron chi connectivity index (χ1n) is 10.3. The van der Waals surface area contributed by atoms with E-state index in [2.05, 4.69) is 0 Å². The second-order valence-corrected chi connectivity index (χ2v) is 8.22. The number of carbonyl (C=O) groups is 1. The van der Waals surface area contributed by atoms with Crippen LogP contribution in [0.25, 0.3) is 5.69 Å². The van der Waals surface area contributed by atoms with Gasteiger partial charge in [-0.05, 0) is 42.3 Å². The van der Waals surface area contributed by atoms with E-state index in [4.69, 9.17) is 4.74 Å². The van der Waals surface area contributed by atoms with Crippen LogP contribution in [-0.4, -0.2) is 38.7 Å². The van der Waals surface area contributed by atoms with Crippen LogP contribution in [0.3, 0.4) is 0 Å². The van der Waals surface area contributed by atoms with Crippen LogP contribution in [0, 0.1) is 0 Å². The van der Waals surface area contributed by atoms with Gasteiger partial charge in [0, 0.05) is 6.54 Å². The van der Waals surface area contributed by atoms with Gasteiger partial charge in [-0.1, -0.05) is 18.2 Å². The maximum atomic E-state index is 13.1. The zero-order chi connectivity index (χ0) is 23.5. The Morgan fingerprint density at radius 2 is 1.94 bits per heavy atom. The molecule has 172 valence electrons. The molecule has 1 N–H and O–H groups in total. The monoisotopic (exact) mass is 459 g/mol. The highest BCUT2D eigenvalue weighted by atomic mass is 19.4. The first-order valence-corrected chi connectivity index (χ1v) is 10.3. The van der Waals surface area contributed by atoms with Crippen LogP contribution in [0.15, 0.2) is 53.3 Å². The fourth-order valence-electron chi connectivity index (χ4n) is 4.83. The van der Waals surface area contributed by atoms with E-state index in [0.29, 0.717) is 18.7 Å². The molecule has 0 spiro atoms. The van der Waals surface area contributed by atoms with Crippen LogP contribution in [-0.2, 0) is 17.4 Å². The Bertz CT molecular complexity index is 1310. The maximum Gasteiger partial charge on any atom is 0.416 e. The molecule has 1 unspecified atom stereocenters. The van der Waals surface area contributed by atoms with Crippen molar-refractivity contribution in [2.75, 3.05) is 13.7 Å². The van der Waals surface area contributed by atoms with Crippen molar-refractivity contribution in [1.29, 1.82) is 0 Å². The lowest BCUT2D eigenvalue weighted by Crippen LogP contribution is -2.38. The minimum Gasteiger partial charge on any atom is -0.497 e. The smallest absolute Gasteiger partial charge is 0.416 e. The third kappa shape index (κ3) is 3.37. The molecule has 33 heavy (non-hydrogen) atoms. The zero-order valence-electron chi connectivity index (χ0n) is 17.5. The largest absolute Gasteiger partial charge is 0.497 e. The van der Waals surface area contributed by atoms with Gasteiger partial charge in [0.05, 0.1) is 36.9 Å². The Labute approximate surface area is 186 Å². The van der Waals surface area contributed by atoms with Crippen LogP contribution in [0.1, 0.15) is 35.3 Å². The number of fused-ring (bicyclic) bond motifs is 5. The number of aromatic hydroxyl groups is 1. The highest BCUT2D eigenvalue weighted by molar-refractivity contribution is 5.80. The number of imidazole rings is 1. The van der Waals surface area contributed by atoms with Crippen molar-refractivity contribution in [3.63, 3.8) is 0 Å². The van der Waals surface area contributed by atoms with Gasteiger partial charge in [0.15, 0.2) is 0 Å². The summed E-state index contributed by atoms with van der Waals surface area (Å²) in [7, 11) is 1.54. The fourth-order valence-corrected chi connectivity index (χ4v) is 4.83. The molecule has 2 bridgehead atoms. The topological polar surface area (TPSA) is 76.7 Å². The van der Waals surface area contributed by atoms with E-state index in [1.807, 2.05) is 6.07 Å². The van der Waals surface area contributed by atoms with E-state index in [-0.39, 0.29) is 29.8 Å². The molecule has 1 amide bonds. The number of amides is 1. The van der Waals surface area contributed by atoms with Crippen molar-refractivity contribution in [3.8, 4) is 17.3 Å². The third-order valence-electron chi connectivity index (χ3n) is 6.30. The quantitative estimate of drug-likeness (QED) is 0.649. The Balaban J connectivity index is 1.47. The first-order chi connectivity index (χ1) is 15.7. The summed E-state index contributed by atoms with van der Waals surface area (Å²) in [5.41, 5.74) is -0.592. The highest BCUT2D eigenvalue weighted by Gasteiger charge is 2.49. The molecule has 1 aromatic heterocycles. The Morgan fingerprint density at radius 3 is 2.67 bits per heavy atom. The zero-order valence-corrected chi connectivity index (χ0v) is 17.5. The average Bonchev–Trinajstić information content (AvgIpc) is 3.45. The number of aromatic nitrogens is 2. The molecule has 1 fully saturated rings. The fraction of sp³-hybridized carbons (Fsp3) is 0.304. The van der Waals surface area contributed by atoms with Crippen molar-refractivity contribution < 1.29 is 27.8 Å². The van der Waals surface area contributed by atoms with Gasteiger partial charge in [0.25, 0.3) is 0 Å². The summed E-state index contributed by atoms with van der Waals surface area (Å²) >= 11 is 0. The summed E-state index contributed by atoms with van der Waals surface area (Å²) in [6.07, 6.45) is -3.98. The molecule has 1 saturated heterocycles. The van der Waals surface area contributed by atoms with Crippen LogP contribution in [0.5, 0.6) is 11.6 Å². The molecule has 0 saturated carbocycles. The van der Waals surface area contributed by atoms with Gasteiger partial charge in [-0.25, -0.2) is 9.36 Å². The highest BCUT2D eigenvalue weighted by Crippen LogP contribution is 2.48. The number of alkyl halides is 3. The molecular weight excluding hydrogens is 439 g/mol. The van der Waals surface area contributed by atoms with Crippen LogP contribution in [0.2, 0.25) is 0 Å². The normalized spacial score (nSPS) is 19.1. The number of hydrogen-bond donors (Lipinski definition) is 1. The van der Waals surface area contributed by atoms with Gasteiger partial charge in [0.2, 0.25) is 11.8 Å². The molecule has 2 aromatic carbocycles. The molecule has 10 heteroatoms. The number of methoxy groups -OCH3 is 1. The molecule has 2 atom stereocenters. The average molecular weight is 459 g/mol. The Hall–Kier alpha value is -3.69. The molecular formula is C23H20F3N3O4. The number of carbonyl (C=O) groups excluding carboxylic acids is 1. The number of hydrogen-bond acceptors (Lipinski definition) is 4. The van der Waals surface area contributed by atoms with Gasteiger partial charge in [-0.15, -0.1) is 0 Å². The van der Waals surface area contributed by atoms with E-state index in [1.165, 1.54) is 23.8 Å². The standard InChI is InChI=1S/C23H20F3N3O4/c1-33-17-7-2-4-13(8-17)9-19(30)27-12-16-11-18(27)20-21(31)29(22(32)28(16)20)15-6-3-5-14(10-15)23(24,25)26/h2-8,10,16,18,31H,9,11-12H2,1H3/t16?,18-/m1/s1. The molecule has 2 aliphatic rings. The minimum atomic E-state index is -4.58. The summed E-state index contributed by atoms with van der Waals surface area (Å²) < 4.78 is 46.9. The molecule has 5 rings (SSSR count). The van der Waals surface area contributed by atoms with Crippen LogP contribution < -0.4 is 10.4 Å². The van der Waals surface area contributed by atoms with Crippen molar-refractivity contribution >= 4 is 5.91 Å². The number of likely N-dealkylation sites (tertiary alicyclic amines) is 1. The number of ether oxygens (including phenoxy) is 1. The van der Waals surface area contributed by atoms with Crippen molar-refractivity contribution in [2.24, 2.45) is 0 Å². The summed E-state index contributed by atoms with van der Waals surface area (Å²) in [4.78, 5) is 27.7. The summed E-state index contributed by atoms with van der Waals surface area (Å²) in [6, 6.07) is 10.5. The maximum absolute atomic E-state index is 13.1. The van der Waals surface area contributed by atoms with Crippen molar-refractivity contribution in [1.82, 2.24) is 14.0 Å². The van der Waals surface area contributed by atoms with Crippen LogP contribution >= 0.6 is 0 Å². The molecule has 7 nitrogen and oxygen atoms in total. The van der Waals surface area contributed by atoms with Crippen molar-refractivity contribution in [3.05, 3.63) is 75.8 Å². The SMILES string of the molecule is COc1cccc(CC(=O)N2CC3C[C@@H]2c2c(O)n(-c4cccc(C(F)(F)F)c4)c(=O)n23)c1. The minimum absolute atomic E-state index is 0.0807. The van der Waals surface area contributed by atoms with Gasteiger partial charge >= 0.3 is 11.9 Å². The van der Waals surface area contributed by atoms with Crippen molar-refractivity contribution in [2.45, 2.75) is 31.1 Å². The molecule has 0 radical (unpaired) electrons.